The third-order valence-electron chi connectivity index (χ3n) is 2.78. The average molecular weight is 611 g/mol. The van der Waals surface area contributed by atoms with Crippen molar-refractivity contribution in [2.75, 3.05) is 0 Å². The third kappa shape index (κ3) is 17.2. The Hall–Kier alpha value is -1.35. The van der Waals surface area contributed by atoms with Crippen LogP contribution in [-0.4, -0.2) is 26.6 Å². The molecule has 0 saturated carbocycles. The number of ketones is 2. The van der Waals surface area contributed by atoms with Gasteiger partial charge >= 0.3 is 11.3 Å². The summed E-state index contributed by atoms with van der Waals surface area (Å²) in [5.41, 5.74) is 4.93. The molecule has 0 atom stereocenters. The molecule has 0 aliphatic rings. The number of hydrogen-bond acceptors (Lipinski definition) is 6. The van der Waals surface area contributed by atoms with Crippen LogP contribution in [0.2, 0.25) is 20.1 Å². The summed E-state index contributed by atoms with van der Waals surface area (Å²) in [6.07, 6.45) is 4.36. The number of Topliss-reactive ketones (excluding diaryl/α,β-unsaturated/α-hetero) is 2. The van der Waals surface area contributed by atoms with Crippen molar-refractivity contribution >= 4 is 86.3 Å². The van der Waals surface area contributed by atoms with Gasteiger partial charge in [-0.25, -0.2) is 4.98 Å². The summed E-state index contributed by atoms with van der Waals surface area (Å²) >= 11 is 25.7. The zero-order valence-electron chi connectivity index (χ0n) is 16.7. The predicted molar refractivity (Wildman–Crippen MR) is 132 cm³/mol. The van der Waals surface area contributed by atoms with E-state index in [2.05, 4.69) is 32.5 Å². The maximum absolute atomic E-state index is 11.5. The summed E-state index contributed by atoms with van der Waals surface area (Å²) in [7, 11) is 0. The molecule has 13 heteroatoms. The molecule has 0 aliphatic heterocycles. The van der Waals surface area contributed by atoms with E-state index in [1.165, 1.54) is 32.3 Å². The molecular formula is C19H19BrCl5N3O4. The molecule has 3 N–H and O–H groups in total. The zero-order valence-corrected chi connectivity index (χ0v) is 22.2. The molecular weight excluding hydrogens is 591 g/mol. The second-order valence-electron chi connectivity index (χ2n) is 5.34. The fourth-order valence-corrected chi connectivity index (χ4v) is 2.51. The van der Waals surface area contributed by atoms with Crippen LogP contribution < -0.4 is 5.73 Å². The summed E-state index contributed by atoms with van der Waals surface area (Å²) in [5, 5.41) is 9.77. The van der Waals surface area contributed by atoms with Crippen LogP contribution in [0.25, 0.3) is 0 Å². The summed E-state index contributed by atoms with van der Waals surface area (Å²) in [5.74, 6) is -0.120. The van der Waals surface area contributed by atoms with E-state index in [1.807, 2.05) is 0 Å². The summed E-state index contributed by atoms with van der Waals surface area (Å²) in [6, 6.07) is 3.08. The van der Waals surface area contributed by atoms with Crippen LogP contribution in [-0.2, 0) is 9.45 Å². The first-order chi connectivity index (χ1) is 14.5. The Bertz CT molecular complexity index is 923. The summed E-state index contributed by atoms with van der Waals surface area (Å²) in [6.45, 7) is 7.45. The van der Waals surface area contributed by atoms with Crippen molar-refractivity contribution in [3.05, 3.63) is 73.5 Å². The molecule has 0 aliphatic carbocycles. The van der Waals surface area contributed by atoms with Gasteiger partial charge in [-0.2, -0.15) is 0 Å². The first kappa shape index (κ1) is 35.2. The molecule has 0 aromatic carbocycles. The summed E-state index contributed by atoms with van der Waals surface area (Å²) < 4.78 is 8.12. The van der Waals surface area contributed by atoms with E-state index < -0.39 is 0 Å². The average Bonchev–Trinajstić information content (AvgIpc) is 2.71. The Morgan fingerprint density at radius 1 is 1.06 bits per heavy atom. The SMILES string of the molecule is CC(=O)CCC(=O)c1ncc(Cl)cc1Cl.CC(O)=CN.Cl.Clc1cnc(Br)c(Cl)c1.[C-]#[O+]. The standard InChI is InChI=1S/C10H9Cl2NO2.C5H2BrCl2N.C3H7NO.CO.ClH/c1-6(14)2-3-9(15)10-8(12)4-7(11)5-13-10;6-5-4(8)1-3(7)2-9-5;1-3(5)2-4;1-2;/h4-5H,2-3H2,1H3;1-2H;2,5H,4H2,1H3;;1H. The van der Waals surface area contributed by atoms with Gasteiger partial charge in [-0.05, 0) is 41.9 Å². The van der Waals surface area contributed by atoms with E-state index in [9.17, 15) is 9.59 Å². The molecule has 0 fully saturated rings. The normalized spacial score (nSPS) is 9.34. The van der Waals surface area contributed by atoms with Gasteiger partial charge in [-0.3, -0.25) is 9.78 Å². The van der Waals surface area contributed by atoms with Gasteiger partial charge in [0.1, 0.15) is 21.8 Å². The van der Waals surface area contributed by atoms with Crippen molar-refractivity contribution in [1.82, 2.24) is 9.97 Å². The Morgan fingerprint density at radius 3 is 1.84 bits per heavy atom. The molecule has 2 aromatic rings. The molecule has 2 aromatic heterocycles. The number of hydrogen-bond donors (Lipinski definition) is 2. The number of nitrogens with two attached hydrogens (primary N) is 1. The molecule has 0 radical (unpaired) electrons. The molecule has 0 spiro atoms. The van der Waals surface area contributed by atoms with Crippen molar-refractivity contribution in [3.63, 3.8) is 0 Å². The van der Waals surface area contributed by atoms with Crippen LogP contribution in [0.5, 0.6) is 0 Å². The Labute approximate surface area is 220 Å². The molecule has 0 unspecified atom stereocenters. The van der Waals surface area contributed by atoms with E-state index in [0.717, 1.165) is 6.20 Å². The van der Waals surface area contributed by atoms with Crippen LogP contribution >= 0.6 is 74.7 Å². The molecule has 0 amide bonds. The Balaban J connectivity index is -0.000000422. The third-order valence-corrected chi connectivity index (χ3v) is 4.63. The second kappa shape index (κ2) is 20.3. The van der Waals surface area contributed by atoms with Gasteiger partial charge in [0.15, 0.2) is 5.78 Å². The van der Waals surface area contributed by atoms with Crippen LogP contribution in [0, 0.1) is 6.65 Å². The monoisotopic (exact) mass is 607 g/mol. The van der Waals surface area contributed by atoms with Gasteiger partial charge in [0.05, 0.1) is 20.1 Å². The topological polar surface area (TPSA) is 126 Å². The molecule has 7 nitrogen and oxygen atoms in total. The van der Waals surface area contributed by atoms with Gasteiger partial charge in [0, 0.05) is 31.4 Å². The fraction of sp³-hybridized carbons (Fsp3) is 0.211. The minimum atomic E-state index is -0.244. The number of aliphatic hydroxyl groups is 1. The molecule has 0 saturated heterocycles. The molecule has 176 valence electrons. The van der Waals surface area contributed by atoms with E-state index in [1.54, 1.807) is 6.07 Å². The van der Waals surface area contributed by atoms with Gasteiger partial charge in [-0.15, -0.1) is 12.4 Å². The van der Waals surface area contributed by atoms with Crippen molar-refractivity contribution in [2.45, 2.75) is 26.7 Å². The van der Waals surface area contributed by atoms with Gasteiger partial charge in [0.25, 0.3) is 0 Å². The first-order valence-electron chi connectivity index (χ1n) is 8.06. The molecule has 2 rings (SSSR count). The predicted octanol–water partition coefficient (Wildman–Crippen LogP) is 6.84. The van der Waals surface area contributed by atoms with E-state index in [4.69, 9.17) is 61.9 Å². The molecule has 32 heavy (non-hydrogen) atoms. The maximum atomic E-state index is 11.5. The van der Waals surface area contributed by atoms with Crippen LogP contribution in [0.15, 0.2) is 41.1 Å². The summed E-state index contributed by atoms with van der Waals surface area (Å²) in [4.78, 5) is 29.9. The Kier molecular flexibility index (Phi) is 22.3. The quantitative estimate of drug-likeness (QED) is 0.128. The van der Waals surface area contributed by atoms with Gasteiger partial charge < -0.3 is 15.6 Å². The van der Waals surface area contributed by atoms with Crippen LogP contribution in [0.4, 0.5) is 0 Å². The number of pyridine rings is 2. The van der Waals surface area contributed by atoms with Crippen molar-refractivity contribution in [1.29, 1.82) is 0 Å². The van der Waals surface area contributed by atoms with Crippen LogP contribution in [0.1, 0.15) is 37.2 Å². The fourth-order valence-electron chi connectivity index (χ4n) is 1.43. The van der Waals surface area contributed by atoms with E-state index in [-0.39, 0.29) is 53.3 Å². The molecule has 2 heterocycles. The number of halogens is 6. The van der Waals surface area contributed by atoms with E-state index >= 15 is 0 Å². The number of carbonyl (C=O) groups excluding carboxylic acids is 2. The zero-order chi connectivity index (χ0) is 24.6. The van der Waals surface area contributed by atoms with Crippen LogP contribution in [0.3, 0.4) is 0 Å². The van der Waals surface area contributed by atoms with Gasteiger partial charge in [0.2, 0.25) is 0 Å². The number of rotatable bonds is 4. The number of aliphatic hydroxyl groups excluding tert-OH is 1. The first-order valence-corrected chi connectivity index (χ1v) is 10.4. The van der Waals surface area contributed by atoms with Gasteiger partial charge in [-0.1, -0.05) is 46.4 Å². The van der Waals surface area contributed by atoms with E-state index in [0.29, 0.717) is 19.7 Å². The number of nitrogens with zero attached hydrogens (tertiary/aromatic N) is 2. The number of aromatic nitrogens is 2. The molecule has 0 bridgehead atoms. The van der Waals surface area contributed by atoms with Crippen molar-refractivity contribution < 1.29 is 19.3 Å². The number of allylic oxidation sites excluding steroid dienone is 1. The van der Waals surface area contributed by atoms with Crippen molar-refractivity contribution in [3.8, 4) is 0 Å². The minimum absolute atomic E-state index is 0. The second-order valence-corrected chi connectivity index (χ2v) is 7.78. The number of carbonyl (C=O) groups is 2. The van der Waals surface area contributed by atoms with Crippen molar-refractivity contribution in [2.24, 2.45) is 5.73 Å². The Morgan fingerprint density at radius 2 is 1.50 bits per heavy atom.